The second-order valence-corrected chi connectivity index (χ2v) is 21.8. The fourth-order valence-corrected chi connectivity index (χ4v) is 12.5. The van der Waals surface area contributed by atoms with Crippen LogP contribution in [0.4, 0.5) is 0 Å². The van der Waals surface area contributed by atoms with E-state index in [1.165, 1.54) is 66.7 Å². The van der Waals surface area contributed by atoms with Crippen LogP contribution in [0.2, 0.25) is 0 Å². The number of nitrogens with zero attached hydrogens (tertiary/aromatic N) is 4. The van der Waals surface area contributed by atoms with Gasteiger partial charge in [0.15, 0.2) is 0 Å². The van der Waals surface area contributed by atoms with Crippen molar-refractivity contribution in [2.75, 3.05) is 0 Å². The predicted octanol–water partition coefficient (Wildman–Crippen LogP) is 15.7. The van der Waals surface area contributed by atoms with Crippen molar-refractivity contribution < 1.29 is 24.1 Å². The Morgan fingerprint density at radius 3 is 1.58 bits per heavy atom. The SMILES string of the molecule is CC(C)(C)c1cc(-n2[c](=[Pt])n(-c3cccc(Oc4ccc5c6cc7c(cc6n(-c6ccccn6)c5c4)C4(c5ccccc5-c5ccccc54)c4ccccc4-7)c3)c3ccccc32)cc(C(C)(C)C)c1. The first-order valence-electron chi connectivity index (χ1n) is 23.9. The molecule has 338 valence electrons. The number of para-hydroxylation sites is 2. The quantitative estimate of drug-likeness (QED) is 0.172. The fourth-order valence-electron chi connectivity index (χ4n) is 11.4. The molecule has 1 spiro atoms. The van der Waals surface area contributed by atoms with Gasteiger partial charge in [-0.15, -0.1) is 0 Å². The molecular formula is C63H50N4OPt. The zero-order chi connectivity index (χ0) is 47.0. The standard InChI is InChI=1S/C63H50N4O.Pt/c1-61(2,3)40-32-41(62(4,5)6)34-43(33-40)66-39-65(56-26-13-14-27-57(56)66)42-18-17-19-44(35-42)68-45-29-30-49-51-37-50-48-22-9-12-25-54(48)63(52-23-10-7-20-46(52)47-21-8-11-24-53(47)63)55(50)38-59(51)67(58(49)36-45)60-28-15-16-31-64-60;/h7-38H,1-6H3;. The number of hydrogen-bond acceptors (Lipinski definition) is 2. The van der Waals surface area contributed by atoms with Gasteiger partial charge in [0.05, 0.1) is 5.41 Å². The second kappa shape index (κ2) is 15.1. The first-order valence-corrected chi connectivity index (χ1v) is 25.0. The summed E-state index contributed by atoms with van der Waals surface area (Å²) in [6, 6.07) is 68.9. The van der Waals surface area contributed by atoms with Crippen LogP contribution in [0.3, 0.4) is 0 Å². The molecule has 0 aliphatic heterocycles. The van der Waals surface area contributed by atoms with E-state index in [1.807, 2.05) is 12.3 Å². The third-order valence-electron chi connectivity index (χ3n) is 14.7. The fraction of sp³-hybridized carbons (Fsp3) is 0.143. The molecule has 0 bridgehead atoms. The number of aromatic nitrogens is 4. The Balaban J connectivity index is 0.960. The van der Waals surface area contributed by atoms with Crippen LogP contribution in [0.5, 0.6) is 11.5 Å². The molecule has 0 N–H and O–H groups in total. The molecule has 2 aliphatic rings. The first kappa shape index (κ1) is 41.8. The zero-order valence-electron chi connectivity index (χ0n) is 39.5. The van der Waals surface area contributed by atoms with Crippen molar-refractivity contribution in [1.82, 2.24) is 18.7 Å². The third kappa shape index (κ3) is 6.19. The number of rotatable bonds is 5. The van der Waals surface area contributed by atoms with Gasteiger partial charge in [-0.05, 0) is 50.6 Å². The summed E-state index contributed by atoms with van der Waals surface area (Å²) in [4.78, 5) is 4.98. The van der Waals surface area contributed by atoms with Gasteiger partial charge in [0, 0.05) is 6.20 Å². The van der Waals surface area contributed by atoms with Crippen LogP contribution in [0.15, 0.2) is 194 Å². The summed E-state index contributed by atoms with van der Waals surface area (Å²) < 4.78 is 15.1. The van der Waals surface area contributed by atoms with E-state index in [2.05, 4.69) is 257 Å². The van der Waals surface area contributed by atoms with Crippen molar-refractivity contribution in [2.24, 2.45) is 0 Å². The van der Waals surface area contributed by atoms with Crippen molar-refractivity contribution in [3.8, 4) is 50.9 Å². The van der Waals surface area contributed by atoms with Gasteiger partial charge in [-0.1, -0.05) is 78.9 Å². The number of ether oxygens (including phenoxy) is 1. The molecule has 8 aromatic carbocycles. The molecule has 6 heteroatoms. The van der Waals surface area contributed by atoms with Crippen LogP contribution in [0, 0.1) is 3.80 Å². The summed E-state index contributed by atoms with van der Waals surface area (Å²) in [7, 11) is 0. The average Bonchev–Trinajstić information content (AvgIpc) is 4.04. The number of imidazole rings is 1. The van der Waals surface area contributed by atoms with Crippen molar-refractivity contribution in [1.29, 1.82) is 0 Å². The summed E-state index contributed by atoms with van der Waals surface area (Å²) >= 11 is 2.50. The minimum absolute atomic E-state index is 0.00828. The molecule has 0 unspecified atom stereocenters. The van der Waals surface area contributed by atoms with E-state index < -0.39 is 5.41 Å². The monoisotopic (exact) mass is 1070 g/mol. The molecule has 0 atom stereocenters. The van der Waals surface area contributed by atoms with Crippen LogP contribution >= 0.6 is 0 Å². The second-order valence-electron chi connectivity index (χ2n) is 20.8. The first-order chi connectivity index (χ1) is 33.4. The van der Waals surface area contributed by atoms with Gasteiger partial charge in [0.1, 0.15) is 0 Å². The van der Waals surface area contributed by atoms with Gasteiger partial charge in [-0.3, -0.25) is 0 Å². The summed E-state index contributed by atoms with van der Waals surface area (Å²) in [5.74, 6) is 2.37. The Labute approximate surface area is 413 Å². The maximum atomic E-state index is 6.91. The Morgan fingerprint density at radius 2 is 0.971 bits per heavy atom. The van der Waals surface area contributed by atoms with Gasteiger partial charge < -0.3 is 0 Å². The summed E-state index contributed by atoms with van der Waals surface area (Å²) in [5.41, 5.74) is 19.2. The Hall–Kier alpha value is -7.33. The summed E-state index contributed by atoms with van der Waals surface area (Å²) in [6.45, 7) is 13.8. The van der Waals surface area contributed by atoms with Gasteiger partial charge in [-0.2, -0.15) is 0 Å². The van der Waals surface area contributed by atoms with E-state index in [-0.39, 0.29) is 10.8 Å². The Bertz CT molecular complexity index is 3910. The molecule has 0 saturated carbocycles. The van der Waals surface area contributed by atoms with E-state index >= 15 is 0 Å². The normalized spacial score (nSPS) is 13.6. The predicted molar refractivity (Wildman–Crippen MR) is 278 cm³/mol. The number of fused-ring (bicyclic) bond motifs is 14. The van der Waals surface area contributed by atoms with E-state index in [9.17, 15) is 0 Å². The third-order valence-corrected chi connectivity index (χ3v) is 15.7. The average molecular weight is 1070 g/mol. The van der Waals surface area contributed by atoms with E-state index in [4.69, 9.17) is 9.72 Å². The van der Waals surface area contributed by atoms with Crippen molar-refractivity contribution in [3.63, 3.8) is 0 Å². The Morgan fingerprint density at radius 1 is 0.420 bits per heavy atom. The van der Waals surface area contributed by atoms with E-state index in [0.29, 0.717) is 0 Å². The molecule has 13 rings (SSSR count). The number of hydrogen-bond donors (Lipinski definition) is 0. The summed E-state index contributed by atoms with van der Waals surface area (Å²) in [6.07, 6.45) is 1.88. The van der Waals surface area contributed by atoms with Gasteiger partial charge in [0.2, 0.25) is 0 Å². The molecule has 0 amide bonds. The Kier molecular flexibility index (Phi) is 9.14. The molecule has 3 heterocycles. The maximum absolute atomic E-state index is 6.91. The topological polar surface area (TPSA) is 36.9 Å². The molecule has 0 fully saturated rings. The van der Waals surface area contributed by atoms with Crippen LogP contribution in [-0.4, -0.2) is 18.7 Å². The van der Waals surface area contributed by atoms with Gasteiger partial charge >= 0.3 is 275 Å². The van der Waals surface area contributed by atoms with Gasteiger partial charge in [0.25, 0.3) is 0 Å². The zero-order valence-corrected chi connectivity index (χ0v) is 41.8. The van der Waals surface area contributed by atoms with Gasteiger partial charge in [-0.25, -0.2) is 0 Å². The van der Waals surface area contributed by atoms with Crippen LogP contribution < -0.4 is 4.74 Å². The van der Waals surface area contributed by atoms with Crippen LogP contribution in [0.1, 0.15) is 74.9 Å². The molecule has 3 aromatic heterocycles. The molecule has 11 aromatic rings. The molecule has 2 aliphatic carbocycles. The molecule has 0 radical (unpaired) electrons. The molecule has 0 saturated heterocycles. The van der Waals surface area contributed by atoms with E-state index in [1.54, 1.807) is 0 Å². The van der Waals surface area contributed by atoms with E-state index in [0.717, 1.165) is 54.3 Å². The molecule has 69 heavy (non-hydrogen) atoms. The van der Waals surface area contributed by atoms with Crippen molar-refractivity contribution >= 4 is 32.8 Å². The molecule has 5 nitrogen and oxygen atoms in total. The number of pyridine rings is 1. The van der Waals surface area contributed by atoms with Crippen LogP contribution in [0.25, 0.3) is 72.3 Å². The van der Waals surface area contributed by atoms with Crippen LogP contribution in [-0.2, 0) is 35.6 Å². The molecular weight excluding hydrogens is 1020 g/mol. The summed E-state index contributed by atoms with van der Waals surface area (Å²) in [5, 5.41) is 2.33. The van der Waals surface area contributed by atoms with Crippen molar-refractivity contribution in [2.45, 2.75) is 57.8 Å². The minimum atomic E-state index is -0.452. The number of benzene rings is 8. The van der Waals surface area contributed by atoms with Crippen molar-refractivity contribution in [3.05, 3.63) is 231 Å².